The summed E-state index contributed by atoms with van der Waals surface area (Å²) < 4.78 is 42.8. The smallest absolute Gasteiger partial charge is 0.401 e. The van der Waals surface area contributed by atoms with Gasteiger partial charge < -0.3 is 15.0 Å². The van der Waals surface area contributed by atoms with Crippen molar-refractivity contribution in [2.24, 2.45) is 5.92 Å². The number of pyridine rings is 2. The molecule has 160 valence electrons. The normalized spacial score (nSPS) is 12.9. The number of halogens is 3. The largest absolute Gasteiger partial charge is 0.495 e. The molecule has 0 spiro atoms. The fourth-order valence-corrected chi connectivity index (χ4v) is 3.07. The minimum atomic E-state index is -4.40. The van der Waals surface area contributed by atoms with E-state index < -0.39 is 24.7 Å². The number of rotatable bonds is 7. The Balaban J connectivity index is 1.82. The van der Waals surface area contributed by atoms with E-state index in [4.69, 9.17) is 4.74 Å². The van der Waals surface area contributed by atoms with Gasteiger partial charge in [0.2, 0.25) is 5.91 Å². The van der Waals surface area contributed by atoms with Crippen molar-refractivity contribution >= 4 is 22.6 Å². The molecule has 3 aromatic heterocycles. The Bertz CT molecular complexity index is 1030. The van der Waals surface area contributed by atoms with Crippen molar-refractivity contribution in [3.8, 4) is 16.9 Å². The quantitative estimate of drug-likeness (QED) is 0.541. The van der Waals surface area contributed by atoms with Gasteiger partial charge in [0.1, 0.15) is 11.4 Å². The molecular formula is C20H22F3N5O2. The first-order valence-electron chi connectivity index (χ1n) is 9.25. The van der Waals surface area contributed by atoms with Crippen molar-refractivity contribution in [1.29, 1.82) is 0 Å². The van der Waals surface area contributed by atoms with Crippen LogP contribution in [0.1, 0.15) is 13.8 Å². The van der Waals surface area contributed by atoms with Crippen LogP contribution in [-0.2, 0) is 4.79 Å². The van der Waals surface area contributed by atoms with Crippen molar-refractivity contribution in [1.82, 2.24) is 20.3 Å². The number of amides is 1. The molecule has 0 aliphatic heterocycles. The average molecular weight is 421 g/mol. The zero-order valence-electron chi connectivity index (χ0n) is 16.7. The molecule has 0 unspecified atom stereocenters. The number of hydrogen-bond acceptors (Lipinski definition) is 5. The van der Waals surface area contributed by atoms with E-state index in [0.29, 0.717) is 22.6 Å². The number of H-pyrrole nitrogens is 1. The van der Waals surface area contributed by atoms with Crippen molar-refractivity contribution in [2.45, 2.75) is 26.1 Å². The molecule has 10 heteroatoms. The van der Waals surface area contributed by atoms with Crippen LogP contribution in [0.5, 0.6) is 5.75 Å². The first-order chi connectivity index (χ1) is 14.2. The van der Waals surface area contributed by atoms with E-state index in [1.165, 1.54) is 6.20 Å². The number of aromatic nitrogens is 3. The summed E-state index contributed by atoms with van der Waals surface area (Å²) in [5, 5.41) is 5.74. The second-order valence-electron chi connectivity index (χ2n) is 7.14. The number of carbonyl (C=O) groups excluding carboxylic acids is 1. The Morgan fingerprint density at radius 2 is 2.00 bits per heavy atom. The van der Waals surface area contributed by atoms with Gasteiger partial charge in [-0.05, 0) is 18.1 Å². The molecule has 1 atom stereocenters. The maximum atomic E-state index is 12.6. The van der Waals surface area contributed by atoms with Crippen LogP contribution < -0.4 is 15.4 Å². The molecule has 0 aromatic carbocycles. The monoisotopic (exact) mass is 421 g/mol. The predicted octanol–water partition coefficient (Wildman–Crippen LogP) is 3.75. The molecule has 0 radical (unpaired) electrons. The molecule has 0 fully saturated rings. The minimum Gasteiger partial charge on any atom is -0.495 e. The lowest BCUT2D eigenvalue weighted by Gasteiger charge is -2.22. The maximum Gasteiger partial charge on any atom is 0.401 e. The standard InChI is InChI=1S/C20H22F3N5O2/c1-11(2)17(27-10-20(21,22)23)19(29)28-13-4-12(6-24-7-13)16-9-26-18-15(16)5-14(30-3)8-25-18/h4-9,11,17,27H,10H2,1-3H3,(H,25,26)(H,28,29)/t17-/m0/s1. The predicted molar refractivity (Wildman–Crippen MR) is 107 cm³/mol. The number of alkyl halides is 3. The van der Waals surface area contributed by atoms with Gasteiger partial charge in [-0.3, -0.25) is 15.1 Å². The van der Waals surface area contributed by atoms with Gasteiger partial charge in [0, 0.05) is 28.9 Å². The molecule has 30 heavy (non-hydrogen) atoms. The summed E-state index contributed by atoms with van der Waals surface area (Å²) in [7, 11) is 1.55. The van der Waals surface area contributed by atoms with Crippen LogP contribution >= 0.6 is 0 Å². The van der Waals surface area contributed by atoms with Gasteiger partial charge in [0.15, 0.2) is 0 Å². The maximum absolute atomic E-state index is 12.6. The van der Waals surface area contributed by atoms with Gasteiger partial charge in [0.05, 0.1) is 37.8 Å². The van der Waals surface area contributed by atoms with Gasteiger partial charge in [-0.15, -0.1) is 0 Å². The van der Waals surface area contributed by atoms with Gasteiger partial charge in [0.25, 0.3) is 0 Å². The molecule has 0 aliphatic carbocycles. The van der Waals surface area contributed by atoms with Crippen molar-refractivity contribution in [3.05, 3.63) is 36.9 Å². The fraction of sp³-hybridized carbons (Fsp3) is 0.350. The highest BCUT2D eigenvalue weighted by molar-refractivity contribution is 5.97. The van der Waals surface area contributed by atoms with E-state index in [1.807, 2.05) is 6.07 Å². The number of nitrogens with one attached hydrogen (secondary N) is 3. The lowest BCUT2D eigenvalue weighted by Crippen LogP contribution is -2.47. The third kappa shape index (κ3) is 5.07. The summed E-state index contributed by atoms with van der Waals surface area (Å²) >= 11 is 0. The van der Waals surface area contributed by atoms with Crippen LogP contribution in [0.15, 0.2) is 36.9 Å². The summed E-state index contributed by atoms with van der Waals surface area (Å²) in [6.45, 7) is 2.11. The molecule has 0 bridgehead atoms. The number of ether oxygens (including phenoxy) is 1. The Morgan fingerprint density at radius 3 is 2.67 bits per heavy atom. The molecule has 0 saturated heterocycles. The first kappa shape index (κ1) is 21.6. The minimum absolute atomic E-state index is 0.337. The number of aromatic amines is 1. The second-order valence-corrected chi connectivity index (χ2v) is 7.14. The van der Waals surface area contributed by atoms with E-state index in [-0.39, 0.29) is 5.92 Å². The first-order valence-corrected chi connectivity index (χ1v) is 9.25. The summed E-state index contributed by atoms with van der Waals surface area (Å²) in [5.74, 6) is -0.303. The molecule has 0 saturated carbocycles. The lowest BCUT2D eigenvalue weighted by atomic mass is 10.0. The van der Waals surface area contributed by atoms with Gasteiger partial charge in [-0.1, -0.05) is 13.8 Å². The fourth-order valence-electron chi connectivity index (χ4n) is 3.07. The molecule has 3 aromatic rings. The van der Waals surface area contributed by atoms with Crippen molar-refractivity contribution in [2.75, 3.05) is 19.0 Å². The van der Waals surface area contributed by atoms with E-state index in [1.54, 1.807) is 45.6 Å². The van der Waals surface area contributed by atoms with Crippen LogP contribution in [0, 0.1) is 5.92 Å². The zero-order chi connectivity index (χ0) is 21.9. The van der Waals surface area contributed by atoms with E-state index in [9.17, 15) is 18.0 Å². The van der Waals surface area contributed by atoms with Gasteiger partial charge >= 0.3 is 6.18 Å². The van der Waals surface area contributed by atoms with E-state index in [0.717, 1.165) is 10.9 Å². The molecule has 3 rings (SSSR count). The lowest BCUT2D eigenvalue weighted by molar-refractivity contribution is -0.131. The summed E-state index contributed by atoms with van der Waals surface area (Å²) in [6.07, 6.45) is 2.02. The van der Waals surface area contributed by atoms with Crippen molar-refractivity contribution in [3.63, 3.8) is 0 Å². The highest BCUT2D eigenvalue weighted by Crippen LogP contribution is 2.30. The Morgan fingerprint density at radius 1 is 1.23 bits per heavy atom. The van der Waals surface area contributed by atoms with E-state index >= 15 is 0 Å². The summed E-state index contributed by atoms with van der Waals surface area (Å²) in [4.78, 5) is 24.1. The van der Waals surface area contributed by atoms with Crippen LogP contribution in [0.2, 0.25) is 0 Å². The number of carbonyl (C=O) groups is 1. The topological polar surface area (TPSA) is 91.9 Å². The molecule has 1 amide bonds. The molecule has 3 N–H and O–H groups in total. The zero-order valence-corrected chi connectivity index (χ0v) is 16.7. The number of hydrogen-bond donors (Lipinski definition) is 3. The SMILES string of the molecule is COc1cnc2[nH]cc(-c3cncc(NC(=O)[C@@H](NCC(F)(F)F)C(C)C)c3)c2c1. The molecule has 0 aliphatic rings. The average Bonchev–Trinajstić information content (AvgIpc) is 3.10. The van der Waals surface area contributed by atoms with Gasteiger partial charge in [-0.2, -0.15) is 13.2 Å². The van der Waals surface area contributed by atoms with Crippen molar-refractivity contribution < 1.29 is 22.7 Å². The van der Waals surface area contributed by atoms with Crippen LogP contribution in [0.4, 0.5) is 18.9 Å². The summed E-state index contributed by atoms with van der Waals surface area (Å²) in [5.41, 5.74) is 2.55. The Hall–Kier alpha value is -3.14. The Labute approximate surface area is 171 Å². The highest BCUT2D eigenvalue weighted by atomic mass is 19.4. The van der Waals surface area contributed by atoms with Crippen LogP contribution in [-0.4, -0.2) is 46.7 Å². The van der Waals surface area contributed by atoms with Gasteiger partial charge in [-0.25, -0.2) is 4.98 Å². The molecule has 7 nitrogen and oxygen atoms in total. The third-order valence-corrected chi connectivity index (χ3v) is 4.53. The molecule has 3 heterocycles. The number of methoxy groups -OCH3 is 1. The number of nitrogens with zero attached hydrogens (tertiary/aromatic N) is 2. The third-order valence-electron chi connectivity index (χ3n) is 4.53. The number of fused-ring (bicyclic) bond motifs is 1. The second kappa shape index (κ2) is 8.70. The van der Waals surface area contributed by atoms with E-state index in [2.05, 4.69) is 25.6 Å². The number of anilines is 1. The Kier molecular flexibility index (Phi) is 6.25. The molecular weight excluding hydrogens is 399 g/mol. The summed E-state index contributed by atoms with van der Waals surface area (Å²) in [6, 6.07) is 2.53. The van der Waals surface area contributed by atoms with Crippen LogP contribution in [0.25, 0.3) is 22.2 Å². The van der Waals surface area contributed by atoms with Crippen LogP contribution in [0.3, 0.4) is 0 Å². The highest BCUT2D eigenvalue weighted by Gasteiger charge is 2.31.